The lowest BCUT2D eigenvalue weighted by Crippen LogP contribution is -2.46. The Morgan fingerprint density at radius 1 is 0.814 bits per heavy atom. The molecule has 0 fully saturated rings. The van der Waals surface area contributed by atoms with Crippen LogP contribution in [0.25, 0.3) is 22.1 Å². The molecule has 1 aromatic heterocycles. The largest absolute Gasteiger partial charge is 0.501 e. The van der Waals surface area contributed by atoms with Crippen LogP contribution in [0.1, 0.15) is 77.8 Å². The Bertz CT molecular complexity index is 1310. The minimum absolute atomic E-state index is 0.0230. The van der Waals surface area contributed by atoms with Crippen LogP contribution in [-0.4, -0.2) is 47.6 Å². The number of unbranched alkanes of at least 4 members (excludes halogenated alkanes) is 2. The summed E-state index contributed by atoms with van der Waals surface area (Å²) in [6.07, 6.45) is 1.80. The second-order valence-corrected chi connectivity index (χ2v) is 13.4. The Morgan fingerprint density at radius 3 is 2.16 bits per heavy atom. The summed E-state index contributed by atoms with van der Waals surface area (Å²) in [6, 6.07) is 13.5. The maximum atomic E-state index is 14.7. The number of hydrogen-bond acceptors (Lipinski definition) is 6. The van der Waals surface area contributed by atoms with Crippen molar-refractivity contribution in [3.63, 3.8) is 0 Å². The fourth-order valence-corrected chi connectivity index (χ4v) is 7.90. The van der Waals surface area contributed by atoms with Gasteiger partial charge in [0.25, 0.3) is 0 Å². The first-order valence-electron chi connectivity index (χ1n) is 15.8. The molecule has 0 aliphatic rings. The van der Waals surface area contributed by atoms with Crippen molar-refractivity contribution in [1.82, 2.24) is 0 Å². The molecule has 43 heavy (non-hydrogen) atoms. The minimum Gasteiger partial charge on any atom is -0.493 e. The highest BCUT2D eigenvalue weighted by Gasteiger charge is 2.41. The van der Waals surface area contributed by atoms with Crippen molar-refractivity contribution in [2.75, 3.05) is 26.4 Å². The maximum absolute atomic E-state index is 14.7. The van der Waals surface area contributed by atoms with Crippen molar-refractivity contribution in [1.29, 1.82) is 0 Å². The SMILES string of the molecule is CCCCCc1ccc(-c2cc3ccc(OCCC(F)C(F)CC[Si](OCC)(OCC)OCC)cc3oc2=O)c(CC)c1. The van der Waals surface area contributed by atoms with Crippen LogP contribution in [-0.2, 0) is 26.1 Å². The predicted molar refractivity (Wildman–Crippen MR) is 170 cm³/mol. The molecule has 3 aromatic rings. The Kier molecular flexibility index (Phi) is 14.3. The fourth-order valence-electron chi connectivity index (χ4n) is 5.27. The zero-order valence-corrected chi connectivity index (χ0v) is 27.4. The average molecular weight is 619 g/mol. The van der Waals surface area contributed by atoms with Gasteiger partial charge in [0.15, 0.2) is 0 Å². The molecule has 2 unspecified atom stereocenters. The molecule has 9 heteroatoms. The van der Waals surface area contributed by atoms with Gasteiger partial charge in [-0.15, -0.1) is 0 Å². The van der Waals surface area contributed by atoms with E-state index < -0.39 is 26.8 Å². The van der Waals surface area contributed by atoms with E-state index in [1.54, 1.807) is 12.1 Å². The topological polar surface area (TPSA) is 67.1 Å². The third kappa shape index (κ3) is 9.96. The van der Waals surface area contributed by atoms with Gasteiger partial charge in [0.05, 0.1) is 12.2 Å². The Labute approximate surface area is 256 Å². The quantitative estimate of drug-likeness (QED) is 0.0717. The van der Waals surface area contributed by atoms with Crippen LogP contribution in [0.2, 0.25) is 6.04 Å². The third-order valence-electron chi connectivity index (χ3n) is 7.49. The predicted octanol–water partition coefficient (Wildman–Crippen LogP) is 8.64. The van der Waals surface area contributed by atoms with Gasteiger partial charge in [-0.1, -0.05) is 44.9 Å². The van der Waals surface area contributed by atoms with E-state index in [0.717, 1.165) is 35.8 Å². The molecular formula is C34H48F2O6Si. The lowest BCUT2D eigenvalue weighted by molar-refractivity contribution is 0.0646. The second-order valence-electron chi connectivity index (χ2n) is 10.6. The van der Waals surface area contributed by atoms with Gasteiger partial charge in [-0.05, 0) is 81.3 Å². The number of benzene rings is 2. The molecule has 0 saturated heterocycles. The van der Waals surface area contributed by atoms with Gasteiger partial charge in [-0.2, -0.15) is 0 Å². The van der Waals surface area contributed by atoms with E-state index in [2.05, 4.69) is 26.0 Å². The van der Waals surface area contributed by atoms with Gasteiger partial charge in [-0.25, -0.2) is 13.6 Å². The molecule has 0 spiro atoms. The van der Waals surface area contributed by atoms with E-state index >= 15 is 0 Å². The monoisotopic (exact) mass is 618 g/mol. The number of aryl methyl sites for hydroxylation is 2. The molecule has 1 heterocycles. The summed E-state index contributed by atoms with van der Waals surface area (Å²) in [4.78, 5) is 13.0. The van der Waals surface area contributed by atoms with E-state index in [1.165, 1.54) is 18.4 Å². The summed E-state index contributed by atoms with van der Waals surface area (Å²) in [5.74, 6) is 0.423. The van der Waals surface area contributed by atoms with E-state index in [-0.39, 0.29) is 25.5 Å². The molecule has 238 valence electrons. The van der Waals surface area contributed by atoms with Crippen LogP contribution in [0.3, 0.4) is 0 Å². The standard InChI is InChI=1S/C34H48F2O6Si/c1-6-11-12-13-25-14-17-29(26(7-2)22-25)30-23-27-15-16-28(24-33(27)42-34(30)37)38-20-18-31(35)32(36)19-21-43(39-8-3,40-9-4)41-10-5/h14-17,22-24,31-32H,6-13,18-21H2,1-5H3. The summed E-state index contributed by atoms with van der Waals surface area (Å²) in [7, 11) is -3.03. The molecule has 0 bridgehead atoms. The summed E-state index contributed by atoms with van der Waals surface area (Å²) in [5, 5.41) is 0.758. The van der Waals surface area contributed by atoms with Crippen molar-refractivity contribution >= 4 is 19.8 Å². The zero-order valence-electron chi connectivity index (χ0n) is 26.4. The minimum atomic E-state index is -3.03. The van der Waals surface area contributed by atoms with Crippen molar-refractivity contribution in [3.05, 3.63) is 64.0 Å². The maximum Gasteiger partial charge on any atom is 0.501 e. The highest BCUT2D eigenvalue weighted by molar-refractivity contribution is 6.60. The molecule has 6 nitrogen and oxygen atoms in total. The van der Waals surface area contributed by atoms with Crippen LogP contribution in [0.15, 0.2) is 51.7 Å². The molecule has 0 aliphatic heterocycles. The number of ether oxygens (including phenoxy) is 1. The van der Waals surface area contributed by atoms with Crippen LogP contribution in [0.5, 0.6) is 5.75 Å². The van der Waals surface area contributed by atoms with Crippen LogP contribution >= 0.6 is 0 Å². The van der Waals surface area contributed by atoms with E-state index in [0.29, 0.717) is 36.7 Å². The lowest BCUT2D eigenvalue weighted by Gasteiger charge is -2.29. The first-order chi connectivity index (χ1) is 20.8. The van der Waals surface area contributed by atoms with E-state index in [1.807, 2.05) is 39.0 Å². The summed E-state index contributed by atoms with van der Waals surface area (Å²) >= 11 is 0. The lowest BCUT2D eigenvalue weighted by atomic mass is 9.94. The summed E-state index contributed by atoms with van der Waals surface area (Å²) < 4.78 is 58.0. The van der Waals surface area contributed by atoms with Crippen LogP contribution in [0.4, 0.5) is 8.78 Å². The van der Waals surface area contributed by atoms with E-state index in [4.69, 9.17) is 22.4 Å². The molecule has 0 N–H and O–H groups in total. The number of alkyl halides is 2. The van der Waals surface area contributed by atoms with Crippen molar-refractivity contribution in [2.24, 2.45) is 0 Å². The molecular weight excluding hydrogens is 570 g/mol. The van der Waals surface area contributed by atoms with Crippen molar-refractivity contribution < 1.29 is 31.2 Å². The highest BCUT2D eigenvalue weighted by Crippen LogP contribution is 2.29. The number of hydrogen-bond donors (Lipinski definition) is 0. The Morgan fingerprint density at radius 2 is 1.51 bits per heavy atom. The van der Waals surface area contributed by atoms with E-state index in [9.17, 15) is 13.6 Å². The van der Waals surface area contributed by atoms with Crippen molar-refractivity contribution in [3.8, 4) is 16.9 Å². The third-order valence-corrected chi connectivity index (χ3v) is 10.6. The van der Waals surface area contributed by atoms with Crippen molar-refractivity contribution in [2.45, 2.75) is 98.0 Å². The average Bonchev–Trinajstić information content (AvgIpc) is 3.00. The summed E-state index contributed by atoms with van der Waals surface area (Å²) in [6.45, 7) is 10.9. The fraction of sp³-hybridized carbons (Fsp3) is 0.559. The van der Waals surface area contributed by atoms with Gasteiger partial charge in [-0.3, -0.25) is 0 Å². The molecule has 0 radical (unpaired) electrons. The Balaban J connectivity index is 1.62. The molecule has 0 aliphatic carbocycles. The van der Waals surface area contributed by atoms with Gasteiger partial charge >= 0.3 is 14.4 Å². The van der Waals surface area contributed by atoms with Gasteiger partial charge in [0, 0.05) is 43.7 Å². The molecule has 0 amide bonds. The number of rotatable bonds is 20. The molecule has 3 rings (SSSR count). The first-order valence-corrected chi connectivity index (χ1v) is 17.8. The Hall–Kier alpha value is -2.59. The van der Waals surface area contributed by atoms with Gasteiger partial charge < -0.3 is 22.4 Å². The smallest absolute Gasteiger partial charge is 0.493 e. The molecule has 0 saturated carbocycles. The molecule has 2 aromatic carbocycles. The first kappa shape index (κ1) is 34.9. The van der Waals surface area contributed by atoms with Crippen LogP contribution < -0.4 is 10.4 Å². The summed E-state index contributed by atoms with van der Waals surface area (Å²) in [5.41, 5.74) is 3.77. The van der Waals surface area contributed by atoms with Crippen LogP contribution in [0, 0.1) is 0 Å². The number of halogens is 2. The highest BCUT2D eigenvalue weighted by atomic mass is 28.4. The van der Waals surface area contributed by atoms with Gasteiger partial charge in [0.1, 0.15) is 23.7 Å². The second kappa shape index (κ2) is 17.6. The molecule has 2 atom stereocenters. The number of fused-ring (bicyclic) bond motifs is 1. The zero-order chi connectivity index (χ0) is 31.2. The van der Waals surface area contributed by atoms with Gasteiger partial charge in [0.2, 0.25) is 0 Å². The normalized spacial score (nSPS) is 13.4.